The van der Waals surface area contributed by atoms with Crippen LogP contribution in [0.5, 0.6) is 5.75 Å². The van der Waals surface area contributed by atoms with Gasteiger partial charge in [-0.1, -0.05) is 25.5 Å². The van der Waals surface area contributed by atoms with Crippen LogP contribution in [0.1, 0.15) is 29.8 Å². The number of hydrogen-bond donors (Lipinski definition) is 3. The highest BCUT2D eigenvalue weighted by Gasteiger charge is 2.11. The first-order valence-electron chi connectivity index (χ1n) is 6.27. The minimum atomic E-state index is -0.347. The van der Waals surface area contributed by atoms with E-state index in [1.165, 1.54) is 6.07 Å². The Morgan fingerprint density at radius 3 is 2.47 bits per heavy atom. The molecule has 0 atom stereocenters. The monoisotopic (exact) mass is 264 g/mol. The molecule has 0 unspecified atom stereocenters. The predicted molar refractivity (Wildman–Crippen MR) is 73.0 cm³/mol. The molecule has 1 rings (SSSR count). The number of benzene rings is 1. The number of hydrogen-bond acceptors (Lipinski definition) is 3. The van der Waals surface area contributed by atoms with E-state index in [1.54, 1.807) is 26.0 Å². The van der Waals surface area contributed by atoms with E-state index in [9.17, 15) is 14.7 Å². The van der Waals surface area contributed by atoms with Crippen molar-refractivity contribution in [3.63, 3.8) is 0 Å². The number of phenolic OH excluding ortho intramolecular Hbond substituents is 1. The van der Waals surface area contributed by atoms with E-state index in [1.807, 2.05) is 6.92 Å². The van der Waals surface area contributed by atoms with Gasteiger partial charge >= 0.3 is 0 Å². The van der Waals surface area contributed by atoms with Crippen molar-refractivity contribution in [1.82, 2.24) is 10.6 Å². The topological polar surface area (TPSA) is 78.4 Å². The lowest BCUT2D eigenvalue weighted by molar-refractivity contribution is -0.123. The van der Waals surface area contributed by atoms with Crippen LogP contribution in [-0.2, 0) is 4.79 Å². The molecule has 0 heterocycles. The van der Waals surface area contributed by atoms with Crippen molar-refractivity contribution in [1.29, 1.82) is 0 Å². The van der Waals surface area contributed by atoms with Gasteiger partial charge in [0.05, 0.1) is 5.56 Å². The van der Waals surface area contributed by atoms with Crippen LogP contribution < -0.4 is 10.6 Å². The lowest BCUT2D eigenvalue weighted by atomic mass is 10.1. The molecule has 2 amide bonds. The number of carbonyl (C=O) groups excluding carboxylic acids is 2. The summed E-state index contributed by atoms with van der Waals surface area (Å²) in [6, 6.07) is 4.84. The summed E-state index contributed by atoms with van der Waals surface area (Å²) >= 11 is 0. The van der Waals surface area contributed by atoms with Gasteiger partial charge in [0.2, 0.25) is 5.91 Å². The Kier molecular flexibility index (Phi) is 5.36. The molecule has 0 spiro atoms. The van der Waals surface area contributed by atoms with Crippen LogP contribution in [-0.4, -0.2) is 30.0 Å². The first-order chi connectivity index (χ1) is 8.91. The maximum atomic E-state index is 11.8. The van der Waals surface area contributed by atoms with E-state index in [-0.39, 0.29) is 29.0 Å². The van der Waals surface area contributed by atoms with Crippen molar-refractivity contribution in [2.45, 2.75) is 20.8 Å². The number of phenols is 1. The van der Waals surface area contributed by atoms with Crippen molar-refractivity contribution >= 4 is 11.8 Å². The highest BCUT2D eigenvalue weighted by molar-refractivity contribution is 5.97. The zero-order valence-electron chi connectivity index (χ0n) is 11.5. The Bertz CT molecular complexity index is 470. The van der Waals surface area contributed by atoms with E-state index < -0.39 is 0 Å². The van der Waals surface area contributed by atoms with Crippen molar-refractivity contribution < 1.29 is 14.7 Å². The highest BCUT2D eigenvalue weighted by Crippen LogP contribution is 2.17. The van der Waals surface area contributed by atoms with Crippen LogP contribution in [0.4, 0.5) is 0 Å². The lowest BCUT2D eigenvalue weighted by Crippen LogP contribution is -2.36. The summed E-state index contributed by atoms with van der Waals surface area (Å²) in [6.07, 6.45) is 0. The SMILES string of the molecule is Cc1ccc(O)c(C(=O)NCCNC(=O)C(C)C)c1. The van der Waals surface area contributed by atoms with Crippen molar-refractivity contribution in [3.05, 3.63) is 29.3 Å². The molecule has 1 aromatic carbocycles. The summed E-state index contributed by atoms with van der Waals surface area (Å²) in [4.78, 5) is 23.1. The lowest BCUT2D eigenvalue weighted by Gasteiger charge is -2.09. The Hall–Kier alpha value is -2.04. The molecule has 0 aromatic heterocycles. The zero-order chi connectivity index (χ0) is 14.4. The molecule has 0 saturated carbocycles. The second kappa shape index (κ2) is 6.78. The molecule has 0 aliphatic heterocycles. The number of aromatic hydroxyl groups is 1. The molecule has 0 fully saturated rings. The zero-order valence-corrected chi connectivity index (χ0v) is 11.5. The molecule has 0 aliphatic carbocycles. The average molecular weight is 264 g/mol. The molecule has 19 heavy (non-hydrogen) atoms. The smallest absolute Gasteiger partial charge is 0.255 e. The summed E-state index contributed by atoms with van der Waals surface area (Å²) in [5, 5.41) is 14.9. The number of amides is 2. The maximum Gasteiger partial charge on any atom is 0.255 e. The molecular weight excluding hydrogens is 244 g/mol. The largest absolute Gasteiger partial charge is 0.507 e. The maximum absolute atomic E-state index is 11.8. The summed E-state index contributed by atoms with van der Waals surface area (Å²) < 4.78 is 0. The minimum absolute atomic E-state index is 0.0469. The van der Waals surface area contributed by atoms with E-state index in [0.29, 0.717) is 13.1 Å². The molecule has 0 bridgehead atoms. The Morgan fingerprint density at radius 1 is 1.21 bits per heavy atom. The van der Waals surface area contributed by atoms with Crippen LogP contribution >= 0.6 is 0 Å². The standard InChI is InChI=1S/C14H20N2O3/c1-9(2)13(18)15-6-7-16-14(19)11-8-10(3)4-5-12(11)17/h4-5,8-9,17H,6-7H2,1-3H3,(H,15,18)(H,16,19). The second-order valence-corrected chi connectivity index (χ2v) is 4.72. The number of rotatable bonds is 5. The number of aryl methyl sites for hydroxylation is 1. The van der Waals surface area contributed by atoms with Crippen molar-refractivity contribution in [2.24, 2.45) is 5.92 Å². The van der Waals surface area contributed by atoms with Gasteiger partial charge in [0.1, 0.15) is 5.75 Å². The van der Waals surface area contributed by atoms with Gasteiger partial charge in [-0.05, 0) is 19.1 Å². The molecule has 5 heteroatoms. The third-order valence-corrected chi connectivity index (χ3v) is 2.63. The van der Waals surface area contributed by atoms with Crippen LogP contribution in [0.25, 0.3) is 0 Å². The fraction of sp³-hybridized carbons (Fsp3) is 0.429. The van der Waals surface area contributed by atoms with Gasteiger partial charge in [0, 0.05) is 19.0 Å². The van der Waals surface area contributed by atoms with Crippen LogP contribution in [0.2, 0.25) is 0 Å². The predicted octanol–water partition coefficient (Wildman–Crippen LogP) is 1.20. The van der Waals surface area contributed by atoms with Crippen molar-refractivity contribution in [3.8, 4) is 5.75 Å². The Labute approximate surface area is 113 Å². The molecule has 3 N–H and O–H groups in total. The van der Waals surface area contributed by atoms with Gasteiger partial charge in [0.25, 0.3) is 5.91 Å². The number of carbonyl (C=O) groups is 2. The second-order valence-electron chi connectivity index (χ2n) is 4.72. The number of nitrogens with one attached hydrogen (secondary N) is 2. The first-order valence-corrected chi connectivity index (χ1v) is 6.27. The fourth-order valence-corrected chi connectivity index (χ4v) is 1.49. The summed E-state index contributed by atoms with van der Waals surface area (Å²) in [7, 11) is 0. The summed E-state index contributed by atoms with van der Waals surface area (Å²) in [5.74, 6) is -0.515. The van der Waals surface area contributed by atoms with E-state index >= 15 is 0 Å². The normalized spacial score (nSPS) is 10.3. The van der Waals surface area contributed by atoms with E-state index in [2.05, 4.69) is 10.6 Å². The highest BCUT2D eigenvalue weighted by atomic mass is 16.3. The minimum Gasteiger partial charge on any atom is -0.507 e. The van der Waals surface area contributed by atoms with Crippen LogP contribution in [0.3, 0.4) is 0 Å². The van der Waals surface area contributed by atoms with E-state index in [4.69, 9.17) is 0 Å². The van der Waals surface area contributed by atoms with Crippen molar-refractivity contribution in [2.75, 3.05) is 13.1 Å². The molecule has 0 radical (unpaired) electrons. The van der Waals surface area contributed by atoms with Gasteiger partial charge in [-0.3, -0.25) is 9.59 Å². The molecule has 104 valence electrons. The summed E-state index contributed by atoms with van der Waals surface area (Å²) in [6.45, 7) is 6.15. The molecular formula is C14H20N2O3. The molecule has 1 aromatic rings. The first kappa shape index (κ1) is 15.0. The molecule has 0 aliphatic rings. The van der Waals surface area contributed by atoms with Gasteiger partial charge in [-0.25, -0.2) is 0 Å². The van der Waals surface area contributed by atoms with Gasteiger partial charge in [-0.15, -0.1) is 0 Å². The molecule has 0 saturated heterocycles. The molecule has 5 nitrogen and oxygen atoms in total. The third-order valence-electron chi connectivity index (χ3n) is 2.63. The van der Waals surface area contributed by atoms with Gasteiger partial charge in [-0.2, -0.15) is 0 Å². The third kappa shape index (κ3) is 4.62. The average Bonchev–Trinajstić information content (AvgIpc) is 2.36. The van der Waals surface area contributed by atoms with E-state index in [0.717, 1.165) is 5.56 Å². The van der Waals surface area contributed by atoms with Crippen LogP contribution in [0.15, 0.2) is 18.2 Å². The Balaban J connectivity index is 2.44. The van der Waals surface area contributed by atoms with Gasteiger partial charge < -0.3 is 15.7 Å². The fourth-order valence-electron chi connectivity index (χ4n) is 1.49. The summed E-state index contributed by atoms with van der Waals surface area (Å²) in [5.41, 5.74) is 1.14. The van der Waals surface area contributed by atoms with Gasteiger partial charge in [0.15, 0.2) is 0 Å². The van der Waals surface area contributed by atoms with Crippen LogP contribution in [0, 0.1) is 12.8 Å². The quantitative estimate of drug-likeness (QED) is 0.699. The Morgan fingerprint density at radius 2 is 1.84 bits per heavy atom.